The van der Waals surface area contributed by atoms with Gasteiger partial charge in [-0.1, -0.05) is 13.3 Å². The lowest BCUT2D eigenvalue weighted by molar-refractivity contribution is -0.143. The second-order valence-corrected chi connectivity index (χ2v) is 3.49. The summed E-state index contributed by atoms with van der Waals surface area (Å²) in [6.07, 6.45) is 2.81. The van der Waals surface area contributed by atoms with Gasteiger partial charge in [0.05, 0.1) is 5.92 Å². The highest BCUT2D eigenvalue weighted by molar-refractivity contribution is 5.70. The molecule has 0 bridgehead atoms. The third-order valence-electron chi connectivity index (χ3n) is 2.58. The number of rotatable bonds is 4. The summed E-state index contributed by atoms with van der Waals surface area (Å²) in [4.78, 5) is 10.8. The van der Waals surface area contributed by atoms with Crippen molar-refractivity contribution < 1.29 is 9.90 Å². The van der Waals surface area contributed by atoms with E-state index < -0.39 is 5.97 Å². The lowest BCUT2D eigenvalue weighted by atomic mass is 9.88. The zero-order chi connectivity index (χ0) is 8.97. The van der Waals surface area contributed by atoms with Gasteiger partial charge in [0.2, 0.25) is 0 Å². The number of carboxylic acids is 1. The summed E-state index contributed by atoms with van der Waals surface area (Å²) < 4.78 is 0. The van der Waals surface area contributed by atoms with E-state index in [1.165, 1.54) is 0 Å². The zero-order valence-corrected chi connectivity index (χ0v) is 7.55. The Morgan fingerprint density at radius 1 is 1.75 bits per heavy atom. The quantitative estimate of drug-likeness (QED) is 0.666. The second-order valence-electron chi connectivity index (χ2n) is 3.49. The van der Waals surface area contributed by atoms with Crippen LogP contribution in [0.2, 0.25) is 0 Å². The predicted molar refractivity (Wildman–Crippen MR) is 47.0 cm³/mol. The maximum Gasteiger partial charge on any atom is 0.306 e. The van der Waals surface area contributed by atoms with Gasteiger partial charge in [-0.05, 0) is 31.8 Å². The molecule has 0 amide bonds. The van der Waals surface area contributed by atoms with Crippen LogP contribution in [0, 0.1) is 11.8 Å². The van der Waals surface area contributed by atoms with Crippen LogP contribution in [0.25, 0.3) is 0 Å². The fourth-order valence-corrected chi connectivity index (χ4v) is 1.89. The highest BCUT2D eigenvalue weighted by atomic mass is 16.4. The minimum atomic E-state index is -0.620. The molecule has 2 atom stereocenters. The SMILES string of the molecule is CCCC(C(=O)O)C1CCNC1. The monoisotopic (exact) mass is 171 g/mol. The van der Waals surface area contributed by atoms with E-state index in [1.54, 1.807) is 0 Å². The smallest absolute Gasteiger partial charge is 0.306 e. The highest BCUT2D eigenvalue weighted by Gasteiger charge is 2.29. The van der Waals surface area contributed by atoms with Gasteiger partial charge in [0.15, 0.2) is 0 Å². The molecule has 12 heavy (non-hydrogen) atoms. The Labute approximate surface area is 73.2 Å². The summed E-state index contributed by atoms with van der Waals surface area (Å²) in [6, 6.07) is 0. The summed E-state index contributed by atoms with van der Waals surface area (Å²) in [7, 11) is 0. The van der Waals surface area contributed by atoms with Gasteiger partial charge in [0.25, 0.3) is 0 Å². The van der Waals surface area contributed by atoms with Crippen LogP contribution >= 0.6 is 0 Å². The molecule has 1 rings (SSSR count). The number of carbonyl (C=O) groups is 1. The largest absolute Gasteiger partial charge is 0.481 e. The summed E-state index contributed by atoms with van der Waals surface area (Å²) in [5.41, 5.74) is 0. The van der Waals surface area contributed by atoms with Crippen LogP contribution in [0.3, 0.4) is 0 Å². The molecular formula is C9H17NO2. The molecule has 0 spiro atoms. The van der Waals surface area contributed by atoms with Crippen LogP contribution in [0.4, 0.5) is 0 Å². The van der Waals surface area contributed by atoms with Gasteiger partial charge >= 0.3 is 5.97 Å². The highest BCUT2D eigenvalue weighted by Crippen LogP contribution is 2.23. The minimum Gasteiger partial charge on any atom is -0.481 e. The van der Waals surface area contributed by atoms with Crippen molar-refractivity contribution in [3.8, 4) is 0 Å². The van der Waals surface area contributed by atoms with Crippen LogP contribution in [0.5, 0.6) is 0 Å². The van der Waals surface area contributed by atoms with E-state index in [0.29, 0.717) is 5.92 Å². The molecule has 1 fully saturated rings. The number of aliphatic carboxylic acids is 1. The number of hydrogen-bond acceptors (Lipinski definition) is 2. The van der Waals surface area contributed by atoms with Crippen LogP contribution in [0.15, 0.2) is 0 Å². The van der Waals surface area contributed by atoms with Gasteiger partial charge < -0.3 is 10.4 Å². The van der Waals surface area contributed by atoms with Crippen molar-refractivity contribution in [1.29, 1.82) is 0 Å². The van der Waals surface area contributed by atoms with E-state index in [1.807, 2.05) is 6.92 Å². The van der Waals surface area contributed by atoms with Gasteiger partial charge in [-0.15, -0.1) is 0 Å². The van der Waals surface area contributed by atoms with Crippen molar-refractivity contribution >= 4 is 5.97 Å². The molecule has 2 unspecified atom stereocenters. The zero-order valence-electron chi connectivity index (χ0n) is 7.55. The maximum absolute atomic E-state index is 10.8. The molecule has 0 aromatic rings. The van der Waals surface area contributed by atoms with Crippen molar-refractivity contribution in [2.75, 3.05) is 13.1 Å². The molecule has 0 aromatic heterocycles. The van der Waals surface area contributed by atoms with E-state index in [9.17, 15) is 4.79 Å². The average molecular weight is 171 g/mol. The Morgan fingerprint density at radius 3 is 2.92 bits per heavy atom. The molecule has 0 saturated carbocycles. The molecule has 1 aliphatic heterocycles. The van der Waals surface area contributed by atoms with E-state index >= 15 is 0 Å². The molecule has 70 valence electrons. The Balaban J connectivity index is 2.45. The summed E-state index contributed by atoms with van der Waals surface area (Å²) in [6.45, 7) is 3.91. The van der Waals surface area contributed by atoms with E-state index in [2.05, 4.69) is 5.32 Å². The first-order chi connectivity index (χ1) is 5.75. The summed E-state index contributed by atoms with van der Waals surface area (Å²) >= 11 is 0. The van der Waals surface area contributed by atoms with Gasteiger partial charge in [0.1, 0.15) is 0 Å². The molecule has 1 saturated heterocycles. The van der Waals surface area contributed by atoms with Gasteiger partial charge in [-0.2, -0.15) is 0 Å². The topological polar surface area (TPSA) is 49.3 Å². The molecule has 1 heterocycles. The first-order valence-corrected chi connectivity index (χ1v) is 4.69. The standard InChI is InChI=1S/C9H17NO2/c1-2-3-8(9(11)12)7-4-5-10-6-7/h7-8,10H,2-6H2,1H3,(H,11,12). The van der Waals surface area contributed by atoms with Crippen LogP contribution in [0.1, 0.15) is 26.2 Å². The first-order valence-electron chi connectivity index (χ1n) is 4.69. The Bertz CT molecular complexity index is 153. The van der Waals surface area contributed by atoms with Gasteiger partial charge in [0, 0.05) is 0 Å². The average Bonchev–Trinajstić information content (AvgIpc) is 2.51. The predicted octanol–water partition coefficient (Wildman–Crippen LogP) is 1.10. The fourth-order valence-electron chi connectivity index (χ4n) is 1.89. The molecule has 0 aromatic carbocycles. The maximum atomic E-state index is 10.8. The van der Waals surface area contributed by atoms with Crippen LogP contribution in [-0.4, -0.2) is 24.2 Å². The van der Waals surface area contributed by atoms with E-state index in [0.717, 1.165) is 32.4 Å². The molecule has 0 aliphatic carbocycles. The Kier molecular flexibility index (Phi) is 3.53. The molecule has 0 radical (unpaired) electrons. The van der Waals surface area contributed by atoms with Crippen molar-refractivity contribution in [2.45, 2.75) is 26.2 Å². The minimum absolute atomic E-state index is 0.120. The second kappa shape index (κ2) is 4.45. The van der Waals surface area contributed by atoms with Gasteiger partial charge in [-0.3, -0.25) is 4.79 Å². The van der Waals surface area contributed by atoms with Crippen molar-refractivity contribution in [3.63, 3.8) is 0 Å². The first kappa shape index (κ1) is 9.52. The molecular weight excluding hydrogens is 154 g/mol. The van der Waals surface area contributed by atoms with Crippen LogP contribution in [-0.2, 0) is 4.79 Å². The molecule has 1 aliphatic rings. The fraction of sp³-hybridized carbons (Fsp3) is 0.889. The third-order valence-corrected chi connectivity index (χ3v) is 2.58. The summed E-state index contributed by atoms with van der Waals surface area (Å²) in [5, 5.41) is 12.1. The lowest BCUT2D eigenvalue weighted by Gasteiger charge is -2.17. The van der Waals surface area contributed by atoms with E-state index in [-0.39, 0.29) is 5.92 Å². The van der Waals surface area contributed by atoms with Crippen molar-refractivity contribution in [1.82, 2.24) is 5.32 Å². The molecule has 3 nitrogen and oxygen atoms in total. The van der Waals surface area contributed by atoms with Gasteiger partial charge in [-0.25, -0.2) is 0 Å². The number of nitrogens with one attached hydrogen (secondary N) is 1. The molecule has 3 heteroatoms. The van der Waals surface area contributed by atoms with E-state index in [4.69, 9.17) is 5.11 Å². The normalized spacial score (nSPS) is 25.6. The number of hydrogen-bond donors (Lipinski definition) is 2. The van der Waals surface area contributed by atoms with Crippen molar-refractivity contribution in [3.05, 3.63) is 0 Å². The lowest BCUT2D eigenvalue weighted by Crippen LogP contribution is -2.25. The number of carboxylic acid groups (broad SMARTS) is 1. The molecule has 2 N–H and O–H groups in total. The Morgan fingerprint density at radius 2 is 2.50 bits per heavy atom. The Hall–Kier alpha value is -0.570. The van der Waals surface area contributed by atoms with Crippen LogP contribution < -0.4 is 5.32 Å². The third kappa shape index (κ3) is 2.21. The van der Waals surface area contributed by atoms with Crippen molar-refractivity contribution in [2.24, 2.45) is 11.8 Å². The summed E-state index contributed by atoms with van der Waals surface area (Å²) in [5.74, 6) is -0.377.